The van der Waals surface area contributed by atoms with E-state index in [9.17, 15) is 13.2 Å². The summed E-state index contributed by atoms with van der Waals surface area (Å²) < 4.78 is 36.0. The first-order valence-electron chi connectivity index (χ1n) is 3.24. The van der Waals surface area contributed by atoms with Crippen LogP contribution < -0.4 is 0 Å². The van der Waals surface area contributed by atoms with Crippen LogP contribution in [-0.2, 0) is 0 Å². The van der Waals surface area contributed by atoms with Gasteiger partial charge in [-0.2, -0.15) is 13.2 Å². The van der Waals surface area contributed by atoms with Crippen LogP contribution in [0.5, 0.6) is 0 Å². The Balaban J connectivity index is 2.90. The smallest absolute Gasteiger partial charge is 0.386 e. The van der Waals surface area contributed by atoms with Crippen LogP contribution >= 0.6 is 0 Å². The van der Waals surface area contributed by atoms with Gasteiger partial charge in [-0.05, 0) is 0 Å². The van der Waals surface area contributed by atoms with E-state index in [-0.39, 0.29) is 0 Å². The summed E-state index contributed by atoms with van der Waals surface area (Å²) in [6.07, 6.45) is -5.00. The van der Waals surface area contributed by atoms with Gasteiger partial charge in [0.1, 0.15) is 12.2 Å². The summed E-state index contributed by atoms with van der Waals surface area (Å²) in [7, 11) is 0. The number of hydrogen-bond acceptors (Lipinski definition) is 2. The highest BCUT2D eigenvalue weighted by molar-refractivity contribution is 5.28. The van der Waals surface area contributed by atoms with Gasteiger partial charge < -0.3 is 10.2 Å². The quantitative estimate of drug-likeness (QED) is 0.578. The molecule has 0 amide bonds. The van der Waals surface area contributed by atoms with Gasteiger partial charge in [-0.25, -0.2) is 0 Å². The van der Waals surface area contributed by atoms with E-state index < -0.39 is 24.0 Å². The number of halogens is 3. The zero-order valence-corrected chi connectivity index (χ0v) is 5.92. The summed E-state index contributed by atoms with van der Waals surface area (Å²) in [6.45, 7) is 0. The van der Waals surface area contributed by atoms with E-state index in [1.54, 1.807) is 0 Å². The van der Waals surface area contributed by atoms with Gasteiger partial charge in [0.15, 0.2) is 0 Å². The molecule has 0 saturated heterocycles. The lowest BCUT2D eigenvalue weighted by Crippen LogP contribution is -2.34. The lowest BCUT2D eigenvalue weighted by atomic mass is 9.99. The molecule has 0 fully saturated rings. The first-order chi connectivity index (χ1) is 5.43. The second-order valence-corrected chi connectivity index (χ2v) is 2.44. The highest BCUT2D eigenvalue weighted by Gasteiger charge is 2.40. The molecule has 2 N–H and O–H groups in total. The number of allylic oxidation sites excluding steroid dienone is 2. The molecule has 2 atom stereocenters. The van der Waals surface area contributed by atoms with Crippen molar-refractivity contribution in [2.45, 2.75) is 18.4 Å². The van der Waals surface area contributed by atoms with Crippen molar-refractivity contribution in [2.24, 2.45) is 0 Å². The Morgan fingerprint density at radius 1 is 1.25 bits per heavy atom. The Morgan fingerprint density at radius 3 is 2.25 bits per heavy atom. The molecule has 0 aliphatic heterocycles. The van der Waals surface area contributed by atoms with Gasteiger partial charge in [-0.1, -0.05) is 18.2 Å². The lowest BCUT2D eigenvalue weighted by molar-refractivity contribution is -0.112. The van der Waals surface area contributed by atoms with Gasteiger partial charge in [0.05, 0.1) is 5.57 Å². The van der Waals surface area contributed by atoms with Crippen molar-refractivity contribution in [1.82, 2.24) is 0 Å². The highest BCUT2D eigenvalue weighted by Crippen LogP contribution is 2.31. The third-order valence-corrected chi connectivity index (χ3v) is 1.55. The van der Waals surface area contributed by atoms with Crippen LogP contribution in [0, 0.1) is 0 Å². The van der Waals surface area contributed by atoms with E-state index in [0.717, 1.165) is 18.2 Å². The second kappa shape index (κ2) is 2.91. The summed E-state index contributed by atoms with van der Waals surface area (Å²) >= 11 is 0. The van der Waals surface area contributed by atoms with Gasteiger partial charge in [0.2, 0.25) is 0 Å². The molecule has 0 aromatic carbocycles. The third-order valence-electron chi connectivity index (χ3n) is 1.55. The number of aliphatic hydroxyl groups is 2. The van der Waals surface area contributed by atoms with E-state index in [1.165, 1.54) is 0 Å². The van der Waals surface area contributed by atoms with Crippen LogP contribution in [0.3, 0.4) is 0 Å². The average molecular weight is 180 g/mol. The van der Waals surface area contributed by atoms with Crippen molar-refractivity contribution in [2.75, 3.05) is 0 Å². The number of rotatable bonds is 0. The summed E-state index contributed by atoms with van der Waals surface area (Å²) in [5.74, 6) is 0. The molecule has 2 unspecified atom stereocenters. The SMILES string of the molecule is OC1C=CC=C(C(F)(F)F)C1O. The summed E-state index contributed by atoms with van der Waals surface area (Å²) in [6, 6.07) is 0. The van der Waals surface area contributed by atoms with E-state index in [0.29, 0.717) is 0 Å². The van der Waals surface area contributed by atoms with Gasteiger partial charge in [0, 0.05) is 0 Å². The molecule has 2 nitrogen and oxygen atoms in total. The third kappa shape index (κ3) is 1.67. The summed E-state index contributed by atoms with van der Waals surface area (Å²) in [4.78, 5) is 0. The maximum atomic E-state index is 12.0. The Bertz CT molecular complexity index is 229. The Labute approximate surface area is 66.6 Å². The molecule has 5 heteroatoms. The van der Waals surface area contributed by atoms with Crippen LogP contribution in [0.4, 0.5) is 13.2 Å². The van der Waals surface area contributed by atoms with Crippen molar-refractivity contribution >= 4 is 0 Å². The molecule has 0 radical (unpaired) electrons. The summed E-state index contributed by atoms with van der Waals surface area (Å²) in [5, 5.41) is 17.7. The monoisotopic (exact) mass is 180 g/mol. The van der Waals surface area contributed by atoms with Crippen LogP contribution in [0.1, 0.15) is 0 Å². The van der Waals surface area contributed by atoms with Gasteiger partial charge >= 0.3 is 6.18 Å². The van der Waals surface area contributed by atoms with Crippen molar-refractivity contribution in [3.63, 3.8) is 0 Å². The van der Waals surface area contributed by atoms with Crippen LogP contribution in [0.15, 0.2) is 23.8 Å². The summed E-state index contributed by atoms with van der Waals surface area (Å²) in [5.41, 5.74) is -1.11. The maximum absolute atomic E-state index is 12.0. The first kappa shape index (κ1) is 9.28. The molecule has 0 aromatic heterocycles. The molecule has 0 aromatic rings. The first-order valence-corrected chi connectivity index (χ1v) is 3.24. The molecule has 1 rings (SSSR count). The predicted molar refractivity (Wildman–Crippen MR) is 35.3 cm³/mol. The van der Waals surface area contributed by atoms with E-state index >= 15 is 0 Å². The predicted octanol–water partition coefficient (Wildman–Crippen LogP) is 0.767. The van der Waals surface area contributed by atoms with Gasteiger partial charge in [-0.15, -0.1) is 0 Å². The van der Waals surface area contributed by atoms with Crippen molar-refractivity contribution in [3.05, 3.63) is 23.8 Å². The number of hydrogen-bond donors (Lipinski definition) is 2. The molecule has 0 saturated carbocycles. The van der Waals surface area contributed by atoms with Gasteiger partial charge in [-0.3, -0.25) is 0 Å². The van der Waals surface area contributed by atoms with E-state index in [2.05, 4.69) is 0 Å². The zero-order chi connectivity index (χ0) is 9.35. The molecule has 12 heavy (non-hydrogen) atoms. The topological polar surface area (TPSA) is 40.5 Å². The fourth-order valence-corrected chi connectivity index (χ4v) is 0.923. The average Bonchev–Trinajstić information content (AvgIpc) is 1.92. The Hall–Kier alpha value is -0.810. The minimum Gasteiger partial charge on any atom is -0.386 e. The van der Waals surface area contributed by atoms with Crippen molar-refractivity contribution < 1.29 is 23.4 Å². The Morgan fingerprint density at radius 2 is 1.83 bits per heavy atom. The van der Waals surface area contributed by atoms with E-state index in [1.807, 2.05) is 0 Å². The number of alkyl halides is 3. The zero-order valence-electron chi connectivity index (χ0n) is 5.92. The number of aliphatic hydroxyl groups excluding tert-OH is 2. The molecule has 0 bridgehead atoms. The van der Waals surface area contributed by atoms with Gasteiger partial charge in [0.25, 0.3) is 0 Å². The molecule has 1 aliphatic rings. The van der Waals surface area contributed by atoms with Crippen molar-refractivity contribution in [3.8, 4) is 0 Å². The Kier molecular flexibility index (Phi) is 2.25. The fourth-order valence-electron chi connectivity index (χ4n) is 0.923. The van der Waals surface area contributed by atoms with Crippen LogP contribution in [0.25, 0.3) is 0 Å². The minimum absolute atomic E-state index is 0.747. The molecule has 0 spiro atoms. The highest BCUT2D eigenvalue weighted by atomic mass is 19.4. The minimum atomic E-state index is -4.58. The second-order valence-electron chi connectivity index (χ2n) is 2.44. The molecular weight excluding hydrogens is 173 g/mol. The molecule has 0 heterocycles. The molecule has 68 valence electrons. The molecule has 1 aliphatic carbocycles. The van der Waals surface area contributed by atoms with Crippen LogP contribution in [0.2, 0.25) is 0 Å². The van der Waals surface area contributed by atoms with Crippen molar-refractivity contribution in [1.29, 1.82) is 0 Å². The maximum Gasteiger partial charge on any atom is 0.415 e. The van der Waals surface area contributed by atoms with Crippen LogP contribution in [-0.4, -0.2) is 28.6 Å². The normalized spacial score (nSPS) is 30.2. The lowest BCUT2D eigenvalue weighted by Gasteiger charge is -2.22. The standard InChI is InChI=1S/C7H7F3O2/c8-7(9,10)4-2-1-3-5(11)6(4)12/h1-3,5-6,11-12H. The van der Waals surface area contributed by atoms with E-state index in [4.69, 9.17) is 10.2 Å². The fraction of sp³-hybridized carbons (Fsp3) is 0.429. The largest absolute Gasteiger partial charge is 0.415 e. The molecular formula is C7H7F3O2.